The molecule has 2 aromatic rings. The van der Waals surface area contributed by atoms with Crippen molar-refractivity contribution in [2.45, 2.75) is 25.8 Å². The molecule has 0 aliphatic heterocycles. The van der Waals surface area contributed by atoms with Crippen molar-refractivity contribution in [2.75, 3.05) is 0 Å². The molecule has 0 amide bonds. The topological polar surface area (TPSA) is 52.0 Å². The minimum absolute atomic E-state index is 0.0383. The second-order valence-corrected chi connectivity index (χ2v) is 4.09. The van der Waals surface area contributed by atoms with Gasteiger partial charge in [0, 0.05) is 6.07 Å². The molecule has 0 bridgehead atoms. The van der Waals surface area contributed by atoms with Crippen molar-refractivity contribution in [1.29, 1.82) is 0 Å². The minimum atomic E-state index is -0.513. The zero-order valence-corrected chi connectivity index (χ0v) is 9.59. The van der Waals surface area contributed by atoms with Crippen LogP contribution >= 0.6 is 11.6 Å². The number of halogens is 2. The van der Waals surface area contributed by atoms with Crippen molar-refractivity contribution in [3.63, 3.8) is 0 Å². The van der Waals surface area contributed by atoms with Crippen LogP contribution in [0.15, 0.2) is 16.5 Å². The number of hydrogen-bond donors (Lipinski definition) is 1. The SMILES string of the molecule is CCCC(N)c1nc2cc(Cl)c(F)cc2o1. The average molecular weight is 243 g/mol. The summed E-state index contributed by atoms with van der Waals surface area (Å²) in [7, 11) is 0. The van der Waals surface area contributed by atoms with Crippen LogP contribution in [-0.2, 0) is 0 Å². The van der Waals surface area contributed by atoms with Crippen molar-refractivity contribution >= 4 is 22.7 Å². The zero-order chi connectivity index (χ0) is 11.7. The fraction of sp³-hybridized carbons (Fsp3) is 0.364. The predicted molar refractivity (Wildman–Crippen MR) is 60.8 cm³/mol. The highest BCUT2D eigenvalue weighted by atomic mass is 35.5. The van der Waals surface area contributed by atoms with Crippen LogP contribution in [0.3, 0.4) is 0 Å². The van der Waals surface area contributed by atoms with Gasteiger partial charge in [0.2, 0.25) is 5.89 Å². The molecule has 1 aromatic heterocycles. The molecule has 0 saturated heterocycles. The number of hydrogen-bond acceptors (Lipinski definition) is 3. The first-order valence-electron chi connectivity index (χ1n) is 5.13. The Morgan fingerprint density at radius 3 is 3.00 bits per heavy atom. The van der Waals surface area contributed by atoms with Crippen LogP contribution in [0.5, 0.6) is 0 Å². The fourth-order valence-electron chi connectivity index (χ4n) is 1.53. The largest absolute Gasteiger partial charge is 0.439 e. The van der Waals surface area contributed by atoms with Crippen LogP contribution in [-0.4, -0.2) is 4.98 Å². The second kappa shape index (κ2) is 4.39. The monoisotopic (exact) mass is 242 g/mol. The highest BCUT2D eigenvalue weighted by Crippen LogP contribution is 2.26. The van der Waals surface area contributed by atoms with Gasteiger partial charge in [0.05, 0.1) is 11.1 Å². The summed E-state index contributed by atoms with van der Waals surface area (Å²) < 4.78 is 18.5. The molecule has 1 heterocycles. The van der Waals surface area contributed by atoms with Gasteiger partial charge in [-0.05, 0) is 12.5 Å². The molecule has 2 rings (SSSR count). The Labute approximate surface area is 97.4 Å². The third-order valence-corrected chi connectivity index (χ3v) is 2.65. The van der Waals surface area contributed by atoms with Crippen LogP contribution in [0.25, 0.3) is 11.1 Å². The van der Waals surface area contributed by atoms with E-state index in [0.29, 0.717) is 17.0 Å². The summed E-state index contributed by atoms with van der Waals surface area (Å²) in [6, 6.07) is 2.42. The summed E-state index contributed by atoms with van der Waals surface area (Å²) in [5.74, 6) is -0.0838. The molecule has 0 aliphatic rings. The van der Waals surface area contributed by atoms with E-state index in [9.17, 15) is 4.39 Å². The van der Waals surface area contributed by atoms with E-state index in [0.717, 1.165) is 12.8 Å². The van der Waals surface area contributed by atoms with Gasteiger partial charge >= 0.3 is 0 Å². The molecule has 5 heteroatoms. The van der Waals surface area contributed by atoms with E-state index in [1.165, 1.54) is 12.1 Å². The molecule has 0 fully saturated rings. The van der Waals surface area contributed by atoms with E-state index in [-0.39, 0.29) is 11.1 Å². The van der Waals surface area contributed by atoms with Gasteiger partial charge in [0.25, 0.3) is 0 Å². The summed E-state index contributed by atoms with van der Waals surface area (Å²) in [5, 5.41) is 0.0383. The molecule has 3 nitrogen and oxygen atoms in total. The molecule has 1 aromatic carbocycles. The van der Waals surface area contributed by atoms with Crippen molar-refractivity contribution < 1.29 is 8.81 Å². The minimum Gasteiger partial charge on any atom is -0.439 e. The molecule has 0 saturated carbocycles. The van der Waals surface area contributed by atoms with Gasteiger partial charge in [-0.2, -0.15) is 0 Å². The van der Waals surface area contributed by atoms with Gasteiger partial charge in [-0.1, -0.05) is 24.9 Å². The number of nitrogens with two attached hydrogens (primary N) is 1. The molecular formula is C11H12ClFN2O. The Kier molecular flexibility index (Phi) is 3.12. The average Bonchev–Trinajstić information content (AvgIpc) is 2.62. The van der Waals surface area contributed by atoms with Crippen molar-refractivity contribution in [3.05, 3.63) is 28.9 Å². The molecule has 2 N–H and O–H groups in total. The van der Waals surface area contributed by atoms with E-state index >= 15 is 0 Å². The normalized spacial score (nSPS) is 13.2. The fourth-order valence-corrected chi connectivity index (χ4v) is 1.69. The number of fused-ring (bicyclic) bond motifs is 1. The highest BCUT2D eigenvalue weighted by Gasteiger charge is 2.14. The van der Waals surface area contributed by atoms with Gasteiger partial charge in [-0.15, -0.1) is 0 Å². The van der Waals surface area contributed by atoms with Gasteiger partial charge < -0.3 is 10.2 Å². The maximum Gasteiger partial charge on any atom is 0.212 e. The van der Waals surface area contributed by atoms with Gasteiger partial charge in [0.1, 0.15) is 11.3 Å². The first-order chi connectivity index (χ1) is 7.61. The molecule has 0 aliphatic carbocycles. The van der Waals surface area contributed by atoms with Gasteiger partial charge in [0.15, 0.2) is 5.58 Å². The molecule has 0 radical (unpaired) electrons. The Bertz CT molecular complexity index is 473. The van der Waals surface area contributed by atoms with Crippen molar-refractivity contribution in [1.82, 2.24) is 4.98 Å². The number of nitrogens with zero attached hydrogens (tertiary/aromatic N) is 1. The quantitative estimate of drug-likeness (QED) is 0.897. The molecule has 1 atom stereocenters. The highest BCUT2D eigenvalue weighted by molar-refractivity contribution is 6.31. The van der Waals surface area contributed by atoms with E-state index in [2.05, 4.69) is 4.98 Å². The van der Waals surface area contributed by atoms with Crippen LogP contribution in [0.1, 0.15) is 31.7 Å². The number of oxazole rings is 1. The van der Waals surface area contributed by atoms with Gasteiger partial charge in [-0.25, -0.2) is 9.37 Å². The number of rotatable bonds is 3. The Balaban J connectivity index is 2.43. The van der Waals surface area contributed by atoms with Crippen molar-refractivity contribution in [2.24, 2.45) is 5.73 Å². The first kappa shape index (κ1) is 11.4. The molecule has 0 spiro atoms. The van der Waals surface area contributed by atoms with E-state index in [4.69, 9.17) is 21.8 Å². The smallest absolute Gasteiger partial charge is 0.212 e. The molecular weight excluding hydrogens is 231 g/mol. The Morgan fingerprint density at radius 2 is 2.31 bits per heavy atom. The lowest BCUT2D eigenvalue weighted by atomic mass is 10.2. The Morgan fingerprint density at radius 1 is 1.56 bits per heavy atom. The summed E-state index contributed by atoms with van der Waals surface area (Å²) in [5.41, 5.74) is 6.78. The van der Waals surface area contributed by atoms with Crippen LogP contribution in [0, 0.1) is 5.82 Å². The second-order valence-electron chi connectivity index (χ2n) is 3.68. The van der Waals surface area contributed by atoms with Crippen LogP contribution in [0.4, 0.5) is 4.39 Å². The lowest BCUT2D eigenvalue weighted by Crippen LogP contribution is -2.09. The van der Waals surface area contributed by atoms with E-state index < -0.39 is 5.82 Å². The summed E-state index contributed by atoms with van der Waals surface area (Å²) >= 11 is 5.65. The summed E-state index contributed by atoms with van der Waals surface area (Å²) in [4.78, 5) is 4.19. The van der Waals surface area contributed by atoms with Crippen LogP contribution in [0.2, 0.25) is 5.02 Å². The molecule has 16 heavy (non-hydrogen) atoms. The Hall–Kier alpha value is -1.13. The maximum absolute atomic E-state index is 13.2. The maximum atomic E-state index is 13.2. The lowest BCUT2D eigenvalue weighted by molar-refractivity contribution is 0.455. The van der Waals surface area contributed by atoms with Gasteiger partial charge in [-0.3, -0.25) is 0 Å². The number of aromatic nitrogens is 1. The summed E-state index contributed by atoms with van der Waals surface area (Å²) in [6.07, 6.45) is 1.72. The first-order valence-corrected chi connectivity index (χ1v) is 5.50. The zero-order valence-electron chi connectivity index (χ0n) is 8.84. The predicted octanol–water partition coefficient (Wildman–Crippen LogP) is 3.42. The molecule has 1 unspecified atom stereocenters. The number of benzene rings is 1. The summed E-state index contributed by atoms with van der Waals surface area (Å²) in [6.45, 7) is 2.03. The lowest BCUT2D eigenvalue weighted by Gasteiger charge is -2.03. The molecule has 86 valence electrons. The third kappa shape index (κ3) is 2.03. The van der Waals surface area contributed by atoms with Crippen LogP contribution < -0.4 is 5.73 Å². The van der Waals surface area contributed by atoms with E-state index in [1.54, 1.807) is 0 Å². The van der Waals surface area contributed by atoms with Crippen molar-refractivity contribution in [3.8, 4) is 0 Å². The van der Waals surface area contributed by atoms with E-state index in [1.807, 2.05) is 6.92 Å². The third-order valence-electron chi connectivity index (χ3n) is 2.36. The standard InChI is InChI=1S/C11H12ClFN2O/c1-2-3-8(14)11-15-9-4-6(12)7(13)5-10(9)16-11/h4-5,8H,2-3,14H2,1H3.